The summed E-state index contributed by atoms with van der Waals surface area (Å²) in [6.45, 7) is 2.48. The Balaban J connectivity index is 1.58. The monoisotopic (exact) mass is 300 g/mol. The normalized spacial score (nSPS) is 24.3. The molecule has 1 aromatic carbocycles. The van der Waals surface area contributed by atoms with Crippen molar-refractivity contribution in [2.75, 3.05) is 20.1 Å². The van der Waals surface area contributed by atoms with Gasteiger partial charge in [-0.25, -0.2) is 0 Å². The standard InChI is InChI=1S/C18H24N2S/c1-20-11-9-13(10-12-20)19-16-7-4-6-15-14-5-2-3-8-17(14)21-18(15)16/h2-3,5,8,13,16,19H,4,6-7,9-12H2,1H3. The molecule has 3 heteroatoms. The molecule has 2 nitrogen and oxygen atoms in total. The van der Waals surface area contributed by atoms with Crippen molar-refractivity contribution in [2.45, 2.75) is 44.2 Å². The molecule has 1 unspecified atom stereocenters. The molecule has 1 fully saturated rings. The van der Waals surface area contributed by atoms with Crippen molar-refractivity contribution in [1.29, 1.82) is 0 Å². The van der Waals surface area contributed by atoms with Gasteiger partial charge in [-0.3, -0.25) is 0 Å². The minimum Gasteiger partial charge on any atom is -0.306 e. The Morgan fingerprint density at radius 3 is 2.81 bits per heavy atom. The molecule has 1 saturated heterocycles. The highest BCUT2D eigenvalue weighted by Crippen LogP contribution is 2.41. The molecule has 112 valence electrons. The quantitative estimate of drug-likeness (QED) is 0.903. The first-order chi connectivity index (χ1) is 10.3. The maximum atomic E-state index is 3.98. The predicted octanol–water partition coefficient (Wildman–Crippen LogP) is 3.96. The largest absolute Gasteiger partial charge is 0.306 e. The number of thiophene rings is 1. The zero-order valence-electron chi connectivity index (χ0n) is 12.8. The van der Waals surface area contributed by atoms with Gasteiger partial charge in [-0.05, 0) is 69.3 Å². The highest BCUT2D eigenvalue weighted by Gasteiger charge is 2.27. The van der Waals surface area contributed by atoms with Crippen LogP contribution in [0.2, 0.25) is 0 Å². The Morgan fingerprint density at radius 2 is 1.95 bits per heavy atom. The molecule has 0 spiro atoms. The fraction of sp³-hybridized carbons (Fsp3) is 0.556. The molecule has 1 N–H and O–H groups in total. The summed E-state index contributed by atoms with van der Waals surface area (Å²) in [5.41, 5.74) is 1.63. The summed E-state index contributed by atoms with van der Waals surface area (Å²) in [6.07, 6.45) is 6.51. The summed E-state index contributed by atoms with van der Waals surface area (Å²) in [4.78, 5) is 4.07. The van der Waals surface area contributed by atoms with Gasteiger partial charge in [-0.15, -0.1) is 11.3 Å². The van der Waals surface area contributed by atoms with Crippen molar-refractivity contribution >= 4 is 21.4 Å². The Kier molecular flexibility index (Phi) is 3.74. The molecule has 1 atom stereocenters. The minimum absolute atomic E-state index is 0.597. The third-order valence-corrected chi connectivity index (χ3v) is 6.45. The van der Waals surface area contributed by atoms with E-state index >= 15 is 0 Å². The number of rotatable bonds is 2. The number of benzene rings is 1. The average molecular weight is 300 g/mol. The summed E-state index contributed by atoms with van der Waals surface area (Å²) in [7, 11) is 2.24. The van der Waals surface area contributed by atoms with Gasteiger partial charge in [-0.1, -0.05) is 18.2 Å². The van der Waals surface area contributed by atoms with Gasteiger partial charge in [0.15, 0.2) is 0 Å². The fourth-order valence-electron chi connectivity index (χ4n) is 3.89. The highest BCUT2D eigenvalue weighted by atomic mass is 32.1. The van der Waals surface area contributed by atoms with Crippen LogP contribution in [-0.2, 0) is 6.42 Å². The summed E-state index contributed by atoms with van der Waals surface area (Å²) in [5.74, 6) is 0. The summed E-state index contributed by atoms with van der Waals surface area (Å²) in [6, 6.07) is 10.3. The van der Waals surface area contributed by atoms with Crippen molar-refractivity contribution < 1.29 is 0 Å². The van der Waals surface area contributed by atoms with Gasteiger partial charge in [0, 0.05) is 21.7 Å². The Labute approximate surface area is 131 Å². The highest BCUT2D eigenvalue weighted by molar-refractivity contribution is 7.19. The van der Waals surface area contributed by atoms with Gasteiger partial charge in [0.05, 0.1) is 0 Å². The van der Waals surface area contributed by atoms with E-state index in [1.54, 1.807) is 10.4 Å². The van der Waals surface area contributed by atoms with E-state index in [-0.39, 0.29) is 0 Å². The Hall–Kier alpha value is -0.900. The van der Waals surface area contributed by atoms with Gasteiger partial charge in [-0.2, -0.15) is 0 Å². The number of fused-ring (bicyclic) bond motifs is 3. The van der Waals surface area contributed by atoms with Gasteiger partial charge in [0.25, 0.3) is 0 Å². The molecule has 2 heterocycles. The first-order valence-corrected chi connectivity index (χ1v) is 9.08. The van der Waals surface area contributed by atoms with E-state index < -0.39 is 0 Å². The molecule has 1 aromatic heterocycles. The van der Waals surface area contributed by atoms with Crippen molar-refractivity contribution in [3.8, 4) is 0 Å². The van der Waals surface area contributed by atoms with E-state index in [1.807, 2.05) is 11.3 Å². The fourth-order valence-corrected chi connectivity index (χ4v) is 5.24. The predicted molar refractivity (Wildman–Crippen MR) is 91.2 cm³/mol. The van der Waals surface area contributed by atoms with Crippen molar-refractivity contribution in [3.63, 3.8) is 0 Å². The maximum Gasteiger partial charge on any atom is 0.0420 e. The second kappa shape index (κ2) is 5.71. The van der Waals surface area contributed by atoms with Crippen LogP contribution in [0.5, 0.6) is 0 Å². The van der Waals surface area contributed by atoms with E-state index in [4.69, 9.17) is 0 Å². The molecule has 1 aliphatic carbocycles. The van der Waals surface area contributed by atoms with E-state index in [9.17, 15) is 0 Å². The van der Waals surface area contributed by atoms with Crippen LogP contribution in [0.15, 0.2) is 24.3 Å². The summed E-state index contributed by atoms with van der Waals surface area (Å²) < 4.78 is 1.47. The summed E-state index contributed by atoms with van der Waals surface area (Å²) >= 11 is 2.02. The van der Waals surface area contributed by atoms with Crippen molar-refractivity contribution in [2.24, 2.45) is 0 Å². The van der Waals surface area contributed by atoms with Crippen LogP contribution in [0.1, 0.15) is 42.2 Å². The van der Waals surface area contributed by atoms with Crippen LogP contribution >= 0.6 is 11.3 Å². The van der Waals surface area contributed by atoms with Gasteiger partial charge in [0.1, 0.15) is 0 Å². The van der Waals surface area contributed by atoms with Gasteiger partial charge >= 0.3 is 0 Å². The number of nitrogens with zero attached hydrogens (tertiary/aromatic N) is 1. The number of piperidine rings is 1. The molecule has 0 radical (unpaired) electrons. The molecule has 2 aromatic rings. The second-order valence-corrected chi connectivity index (χ2v) is 7.71. The van der Waals surface area contributed by atoms with Gasteiger partial charge in [0.2, 0.25) is 0 Å². The first kappa shape index (κ1) is 13.7. The molecule has 1 aliphatic heterocycles. The van der Waals surface area contributed by atoms with Crippen LogP contribution in [0.4, 0.5) is 0 Å². The van der Waals surface area contributed by atoms with Gasteiger partial charge < -0.3 is 10.2 Å². The van der Waals surface area contributed by atoms with E-state index in [0.29, 0.717) is 12.1 Å². The van der Waals surface area contributed by atoms with Crippen LogP contribution in [0, 0.1) is 0 Å². The molecule has 0 saturated carbocycles. The molecule has 2 aliphatic rings. The average Bonchev–Trinajstić information content (AvgIpc) is 2.89. The van der Waals surface area contributed by atoms with E-state index in [0.717, 1.165) is 0 Å². The molecular formula is C18H24N2S. The third-order valence-electron chi connectivity index (χ3n) is 5.12. The molecule has 0 bridgehead atoms. The Morgan fingerprint density at radius 1 is 1.14 bits per heavy atom. The van der Waals surface area contributed by atoms with Crippen LogP contribution < -0.4 is 5.32 Å². The smallest absolute Gasteiger partial charge is 0.0420 e. The van der Waals surface area contributed by atoms with E-state index in [1.165, 1.54) is 55.3 Å². The number of aryl methyl sites for hydroxylation is 1. The molecular weight excluding hydrogens is 276 g/mol. The Bertz CT molecular complexity index is 625. The zero-order valence-corrected chi connectivity index (χ0v) is 13.6. The van der Waals surface area contributed by atoms with Crippen molar-refractivity contribution in [1.82, 2.24) is 10.2 Å². The lowest BCUT2D eigenvalue weighted by Crippen LogP contribution is -2.42. The number of hydrogen-bond acceptors (Lipinski definition) is 3. The number of nitrogens with one attached hydrogen (secondary N) is 1. The first-order valence-electron chi connectivity index (χ1n) is 8.26. The summed E-state index contributed by atoms with van der Waals surface area (Å²) in [5, 5.41) is 5.49. The SMILES string of the molecule is CN1CCC(NC2CCCc3c2sc2ccccc32)CC1. The number of likely N-dealkylation sites (tertiary alicyclic amines) is 1. The minimum atomic E-state index is 0.597. The van der Waals surface area contributed by atoms with Crippen LogP contribution in [0.25, 0.3) is 10.1 Å². The topological polar surface area (TPSA) is 15.3 Å². The van der Waals surface area contributed by atoms with Crippen molar-refractivity contribution in [3.05, 3.63) is 34.7 Å². The lowest BCUT2D eigenvalue weighted by molar-refractivity contribution is 0.221. The molecule has 21 heavy (non-hydrogen) atoms. The lowest BCUT2D eigenvalue weighted by atomic mass is 9.91. The third kappa shape index (κ3) is 2.63. The molecule has 0 amide bonds. The zero-order chi connectivity index (χ0) is 14.2. The van der Waals surface area contributed by atoms with Crippen LogP contribution in [-0.4, -0.2) is 31.1 Å². The lowest BCUT2D eigenvalue weighted by Gasteiger charge is -2.34. The second-order valence-electron chi connectivity index (χ2n) is 6.63. The van der Waals surface area contributed by atoms with Crippen LogP contribution in [0.3, 0.4) is 0 Å². The maximum absolute atomic E-state index is 3.98. The van der Waals surface area contributed by atoms with E-state index in [2.05, 4.69) is 41.5 Å². The molecule has 4 rings (SSSR count). The number of hydrogen-bond donors (Lipinski definition) is 1.